The lowest BCUT2D eigenvalue weighted by Gasteiger charge is -2.45. The minimum absolute atomic E-state index is 0.0581. The van der Waals surface area contributed by atoms with E-state index in [1.807, 2.05) is 65.8 Å². The summed E-state index contributed by atoms with van der Waals surface area (Å²) in [5.41, 5.74) is 0.973. The van der Waals surface area contributed by atoms with E-state index >= 15 is 0 Å². The number of hydrogen-bond acceptors (Lipinski definition) is 10. The smallest absolute Gasteiger partial charge is 0.307 e. The lowest BCUT2D eigenvalue weighted by atomic mass is 9.98. The van der Waals surface area contributed by atoms with Crippen LogP contribution >= 0.6 is 0 Å². The number of carbonyl (C=O) groups is 2. The van der Waals surface area contributed by atoms with Gasteiger partial charge in [0.25, 0.3) is 0 Å². The van der Waals surface area contributed by atoms with Crippen LogP contribution in [0.25, 0.3) is 0 Å². The van der Waals surface area contributed by atoms with E-state index in [-0.39, 0.29) is 41.2 Å². The molecule has 0 radical (unpaired) electrons. The van der Waals surface area contributed by atoms with Crippen LogP contribution in [-0.2, 0) is 28.5 Å². The number of carbonyl (C=O) groups excluding carboxylic acids is 2. The second kappa shape index (κ2) is 16.1. The van der Waals surface area contributed by atoms with Crippen molar-refractivity contribution in [2.45, 2.75) is 97.2 Å². The summed E-state index contributed by atoms with van der Waals surface area (Å²) in [7, 11) is 0. The summed E-state index contributed by atoms with van der Waals surface area (Å²) >= 11 is 0. The van der Waals surface area contributed by atoms with Crippen LogP contribution in [0.5, 0.6) is 11.5 Å². The molecule has 2 heterocycles. The Hall–Kier alpha value is -3.18. The monoisotopic (exact) mass is 642 g/mol. The number of ether oxygens (including phenoxy) is 4. The third kappa shape index (κ3) is 12.9. The Bertz CT molecular complexity index is 1270. The van der Waals surface area contributed by atoms with Gasteiger partial charge in [0, 0.05) is 38.3 Å². The first-order valence-electron chi connectivity index (χ1n) is 16.1. The first kappa shape index (κ1) is 37.3. The molecule has 46 heavy (non-hydrogen) atoms. The minimum atomic E-state index is -0.452. The number of benzene rings is 2. The number of morpholine rings is 2. The number of phenolic OH excluding ortho intramolecular Hbond substituents is 2. The number of phenols is 2. The van der Waals surface area contributed by atoms with Gasteiger partial charge in [0.1, 0.15) is 22.7 Å². The summed E-state index contributed by atoms with van der Waals surface area (Å²) < 4.78 is 22.5. The SMILES string of the molecule is CC(C)(C)OC(=O)CCN1CC(c2ccc(O)cc2)OCC1(C)C.CC(C)(C)OC(=O)CCN1CCOC(c2cccc(O)c2)C1. The maximum absolute atomic E-state index is 12.0. The summed E-state index contributed by atoms with van der Waals surface area (Å²) in [6.07, 6.45) is 0.615. The number of hydrogen-bond donors (Lipinski definition) is 2. The van der Waals surface area contributed by atoms with Gasteiger partial charge in [0.2, 0.25) is 0 Å². The Labute approximate surface area is 274 Å². The van der Waals surface area contributed by atoms with E-state index in [9.17, 15) is 19.8 Å². The molecule has 4 rings (SSSR count). The first-order valence-corrected chi connectivity index (χ1v) is 16.1. The van der Waals surface area contributed by atoms with Crippen LogP contribution in [0.3, 0.4) is 0 Å². The highest BCUT2D eigenvalue weighted by Crippen LogP contribution is 2.31. The molecular formula is C36H54N2O8. The molecule has 2 atom stereocenters. The van der Waals surface area contributed by atoms with Gasteiger partial charge >= 0.3 is 11.9 Å². The van der Waals surface area contributed by atoms with Crippen LogP contribution < -0.4 is 0 Å². The summed E-state index contributed by atoms with van der Waals surface area (Å²) in [6.45, 7) is 20.2. The highest BCUT2D eigenvalue weighted by atomic mass is 16.6. The van der Waals surface area contributed by atoms with Crippen LogP contribution in [0.4, 0.5) is 0 Å². The van der Waals surface area contributed by atoms with Gasteiger partial charge in [-0.1, -0.05) is 24.3 Å². The molecule has 256 valence electrons. The minimum Gasteiger partial charge on any atom is -0.508 e. The average molecular weight is 643 g/mol. The van der Waals surface area contributed by atoms with E-state index in [4.69, 9.17) is 18.9 Å². The lowest BCUT2D eigenvalue weighted by molar-refractivity contribution is -0.157. The molecule has 0 bridgehead atoms. The largest absolute Gasteiger partial charge is 0.508 e. The predicted molar refractivity (Wildman–Crippen MR) is 177 cm³/mol. The van der Waals surface area contributed by atoms with E-state index in [1.54, 1.807) is 24.3 Å². The summed E-state index contributed by atoms with van der Waals surface area (Å²) in [4.78, 5) is 28.3. The average Bonchev–Trinajstić information content (AvgIpc) is 2.95. The maximum Gasteiger partial charge on any atom is 0.307 e. The Morgan fingerprint density at radius 3 is 1.98 bits per heavy atom. The van der Waals surface area contributed by atoms with E-state index in [1.165, 1.54) is 0 Å². The molecule has 10 nitrogen and oxygen atoms in total. The van der Waals surface area contributed by atoms with Crippen LogP contribution in [-0.4, -0.2) is 94.6 Å². The van der Waals surface area contributed by atoms with Crippen molar-refractivity contribution in [1.29, 1.82) is 0 Å². The molecule has 2 aliphatic rings. The molecular weight excluding hydrogens is 588 g/mol. The van der Waals surface area contributed by atoms with Gasteiger partial charge < -0.3 is 29.2 Å². The van der Waals surface area contributed by atoms with Crippen LogP contribution in [0.1, 0.15) is 91.6 Å². The molecule has 0 aromatic heterocycles. The van der Waals surface area contributed by atoms with Gasteiger partial charge in [-0.2, -0.15) is 0 Å². The van der Waals surface area contributed by atoms with Gasteiger partial charge in [-0.3, -0.25) is 19.4 Å². The molecule has 10 heteroatoms. The molecule has 2 N–H and O–H groups in total. The van der Waals surface area contributed by atoms with Gasteiger partial charge in [-0.25, -0.2) is 0 Å². The van der Waals surface area contributed by atoms with Crippen molar-refractivity contribution in [3.63, 3.8) is 0 Å². The fourth-order valence-electron chi connectivity index (χ4n) is 5.27. The zero-order chi connectivity index (χ0) is 34.1. The van der Waals surface area contributed by atoms with Crippen molar-refractivity contribution in [1.82, 2.24) is 9.80 Å². The molecule has 0 spiro atoms. The quantitative estimate of drug-likeness (QED) is 0.344. The van der Waals surface area contributed by atoms with E-state index in [0.717, 1.165) is 17.7 Å². The fourth-order valence-corrected chi connectivity index (χ4v) is 5.27. The van der Waals surface area contributed by atoms with Crippen molar-refractivity contribution < 1.29 is 38.7 Å². The third-order valence-electron chi connectivity index (χ3n) is 7.60. The maximum atomic E-state index is 12.0. The van der Waals surface area contributed by atoms with Gasteiger partial charge in [0.05, 0.1) is 38.3 Å². The van der Waals surface area contributed by atoms with Crippen molar-refractivity contribution in [2.24, 2.45) is 0 Å². The third-order valence-corrected chi connectivity index (χ3v) is 7.60. The molecule has 2 aromatic rings. The Kier molecular flexibility index (Phi) is 13.0. The molecule has 0 aliphatic carbocycles. The standard InChI is InChI=1S/C19H29NO4.C17H25NO4/c1-18(2,3)24-17(22)10-11-20-12-16(23-13-19(20,4)5)14-6-8-15(21)9-7-14;1-17(2,3)22-16(20)7-8-18-9-10-21-15(12-18)13-5-4-6-14(19)11-13/h6-9,16,21H,10-13H2,1-5H3;4-6,11,15,19H,7-10,12H2,1-3H3. The molecule has 2 aromatic carbocycles. The van der Waals surface area contributed by atoms with Crippen molar-refractivity contribution in [3.8, 4) is 11.5 Å². The highest BCUT2D eigenvalue weighted by Gasteiger charge is 2.36. The van der Waals surface area contributed by atoms with Crippen molar-refractivity contribution in [2.75, 3.05) is 45.9 Å². The Balaban J connectivity index is 0.000000251. The zero-order valence-electron chi connectivity index (χ0n) is 28.9. The van der Waals surface area contributed by atoms with Crippen molar-refractivity contribution >= 4 is 11.9 Å². The van der Waals surface area contributed by atoms with Gasteiger partial charge in [-0.05, 0) is 90.8 Å². The molecule has 0 saturated carbocycles. The van der Waals surface area contributed by atoms with Crippen LogP contribution in [0.15, 0.2) is 48.5 Å². The molecule has 2 saturated heterocycles. The molecule has 2 fully saturated rings. The lowest BCUT2D eigenvalue weighted by Crippen LogP contribution is -2.54. The second-order valence-corrected chi connectivity index (χ2v) is 14.6. The number of nitrogens with zero attached hydrogens (tertiary/aromatic N) is 2. The van der Waals surface area contributed by atoms with E-state index < -0.39 is 11.2 Å². The summed E-state index contributed by atoms with van der Waals surface area (Å²) in [5.74, 6) is 0.141. The summed E-state index contributed by atoms with van der Waals surface area (Å²) in [6, 6.07) is 14.2. The molecule has 2 unspecified atom stereocenters. The topological polar surface area (TPSA) is 118 Å². The Morgan fingerprint density at radius 2 is 1.39 bits per heavy atom. The zero-order valence-corrected chi connectivity index (χ0v) is 28.9. The number of esters is 2. The molecule has 2 aliphatic heterocycles. The van der Waals surface area contributed by atoms with E-state index in [2.05, 4.69) is 23.6 Å². The fraction of sp³-hybridized carbons (Fsp3) is 0.611. The Morgan fingerprint density at radius 1 is 0.804 bits per heavy atom. The van der Waals surface area contributed by atoms with Crippen molar-refractivity contribution in [3.05, 3.63) is 59.7 Å². The first-order chi connectivity index (χ1) is 21.4. The predicted octanol–water partition coefficient (Wildman–Crippen LogP) is 5.77. The number of aromatic hydroxyl groups is 2. The summed E-state index contributed by atoms with van der Waals surface area (Å²) in [5, 5.41) is 19.0. The molecule has 0 amide bonds. The van der Waals surface area contributed by atoms with E-state index in [0.29, 0.717) is 52.2 Å². The normalized spacial score (nSPS) is 20.7. The van der Waals surface area contributed by atoms with Crippen LogP contribution in [0.2, 0.25) is 0 Å². The van der Waals surface area contributed by atoms with Gasteiger partial charge in [0.15, 0.2) is 0 Å². The second-order valence-electron chi connectivity index (χ2n) is 14.6. The van der Waals surface area contributed by atoms with Gasteiger partial charge in [-0.15, -0.1) is 0 Å². The van der Waals surface area contributed by atoms with Crippen LogP contribution in [0, 0.1) is 0 Å². The highest BCUT2D eigenvalue weighted by molar-refractivity contribution is 5.70. The number of rotatable bonds is 8.